The third kappa shape index (κ3) is 3.22. The molecule has 0 radical (unpaired) electrons. The molecule has 1 aliphatic heterocycles. The Morgan fingerprint density at radius 1 is 1.50 bits per heavy atom. The summed E-state index contributed by atoms with van der Waals surface area (Å²) >= 11 is 0. The Morgan fingerprint density at radius 2 is 2.33 bits per heavy atom. The van der Waals surface area contributed by atoms with Crippen molar-refractivity contribution in [2.75, 3.05) is 26.9 Å². The highest BCUT2D eigenvalue weighted by Crippen LogP contribution is 2.20. The Hall–Kier alpha value is -1.10. The van der Waals surface area contributed by atoms with Crippen LogP contribution in [0.25, 0.3) is 0 Å². The van der Waals surface area contributed by atoms with E-state index in [0.717, 1.165) is 11.3 Å². The van der Waals surface area contributed by atoms with Gasteiger partial charge in [-0.1, -0.05) is 17.7 Å². The maximum absolute atomic E-state index is 10.1. The van der Waals surface area contributed by atoms with Crippen molar-refractivity contribution in [3.8, 4) is 5.75 Å². The SMILES string of the molecule is COc1ccc(C)cc1CNCC1(O)CCOC1. The summed E-state index contributed by atoms with van der Waals surface area (Å²) in [4.78, 5) is 0. The first kappa shape index (κ1) is 13.3. The first-order chi connectivity index (χ1) is 8.63. The number of aryl methyl sites for hydroxylation is 1. The van der Waals surface area contributed by atoms with Gasteiger partial charge in [-0.2, -0.15) is 0 Å². The van der Waals surface area contributed by atoms with Crippen LogP contribution in [0.1, 0.15) is 17.5 Å². The molecule has 100 valence electrons. The zero-order valence-electron chi connectivity index (χ0n) is 11.0. The number of nitrogens with one attached hydrogen (secondary N) is 1. The molecule has 1 atom stereocenters. The number of rotatable bonds is 5. The average Bonchev–Trinajstić information content (AvgIpc) is 2.77. The highest BCUT2D eigenvalue weighted by Gasteiger charge is 2.31. The topological polar surface area (TPSA) is 50.7 Å². The van der Waals surface area contributed by atoms with Gasteiger partial charge in [-0.3, -0.25) is 0 Å². The molecule has 0 saturated carbocycles. The van der Waals surface area contributed by atoms with Gasteiger partial charge in [0.2, 0.25) is 0 Å². The average molecular weight is 251 g/mol. The van der Waals surface area contributed by atoms with E-state index < -0.39 is 5.60 Å². The van der Waals surface area contributed by atoms with Crippen molar-refractivity contribution in [1.82, 2.24) is 5.32 Å². The van der Waals surface area contributed by atoms with E-state index in [4.69, 9.17) is 9.47 Å². The van der Waals surface area contributed by atoms with Crippen LogP contribution in [0.2, 0.25) is 0 Å². The van der Waals surface area contributed by atoms with Crippen LogP contribution in [0.15, 0.2) is 18.2 Å². The largest absolute Gasteiger partial charge is 0.496 e. The maximum Gasteiger partial charge on any atom is 0.123 e. The molecule has 18 heavy (non-hydrogen) atoms. The first-order valence-electron chi connectivity index (χ1n) is 6.27. The van der Waals surface area contributed by atoms with Crippen molar-refractivity contribution in [3.05, 3.63) is 29.3 Å². The molecule has 0 amide bonds. The van der Waals surface area contributed by atoms with Crippen LogP contribution in [0.4, 0.5) is 0 Å². The van der Waals surface area contributed by atoms with Gasteiger partial charge in [-0.25, -0.2) is 0 Å². The fourth-order valence-electron chi connectivity index (χ4n) is 2.21. The van der Waals surface area contributed by atoms with E-state index in [9.17, 15) is 5.11 Å². The van der Waals surface area contributed by atoms with Gasteiger partial charge in [0.25, 0.3) is 0 Å². The van der Waals surface area contributed by atoms with E-state index in [1.165, 1.54) is 5.56 Å². The lowest BCUT2D eigenvalue weighted by atomic mass is 10.0. The molecule has 1 saturated heterocycles. The predicted octanol–water partition coefficient (Wildman–Crippen LogP) is 1.24. The Kier molecular flexibility index (Phi) is 4.22. The second-order valence-electron chi connectivity index (χ2n) is 4.95. The number of methoxy groups -OCH3 is 1. The van der Waals surface area contributed by atoms with Crippen LogP contribution < -0.4 is 10.1 Å². The van der Waals surface area contributed by atoms with Crippen molar-refractivity contribution in [2.45, 2.75) is 25.5 Å². The summed E-state index contributed by atoms with van der Waals surface area (Å²) in [7, 11) is 1.67. The van der Waals surface area contributed by atoms with Crippen molar-refractivity contribution >= 4 is 0 Å². The van der Waals surface area contributed by atoms with E-state index in [1.54, 1.807) is 7.11 Å². The summed E-state index contributed by atoms with van der Waals surface area (Å²) in [6.07, 6.45) is 0.699. The van der Waals surface area contributed by atoms with Gasteiger partial charge in [0.15, 0.2) is 0 Å². The Morgan fingerprint density at radius 3 is 3.00 bits per heavy atom. The second-order valence-corrected chi connectivity index (χ2v) is 4.95. The third-order valence-electron chi connectivity index (χ3n) is 3.29. The third-order valence-corrected chi connectivity index (χ3v) is 3.29. The molecule has 0 aromatic heterocycles. The zero-order valence-corrected chi connectivity index (χ0v) is 11.0. The molecule has 4 heteroatoms. The number of hydrogen-bond donors (Lipinski definition) is 2. The van der Waals surface area contributed by atoms with Gasteiger partial charge < -0.3 is 19.9 Å². The molecule has 2 rings (SSSR count). The van der Waals surface area contributed by atoms with Crippen molar-refractivity contribution in [1.29, 1.82) is 0 Å². The lowest BCUT2D eigenvalue weighted by Crippen LogP contribution is -2.40. The minimum absolute atomic E-state index is 0.422. The fourth-order valence-corrected chi connectivity index (χ4v) is 2.21. The highest BCUT2D eigenvalue weighted by atomic mass is 16.5. The van der Waals surface area contributed by atoms with Crippen LogP contribution in [0.3, 0.4) is 0 Å². The van der Waals surface area contributed by atoms with E-state index in [-0.39, 0.29) is 0 Å². The van der Waals surface area contributed by atoms with Gasteiger partial charge in [0.05, 0.1) is 13.7 Å². The van der Waals surface area contributed by atoms with Crippen molar-refractivity contribution in [2.24, 2.45) is 0 Å². The second kappa shape index (κ2) is 5.69. The molecule has 0 aliphatic carbocycles. The Balaban J connectivity index is 1.91. The molecule has 1 heterocycles. The quantitative estimate of drug-likeness (QED) is 0.827. The number of aliphatic hydroxyl groups is 1. The van der Waals surface area contributed by atoms with E-state index in [0.29, 0.717) is 32.7 Å². The first-order valence-corrected chi connectivity index (χ1v) is 6.27. The summed E-state index contributed by atoms with van der Waals surface area (Å²) in [5.74, 6) is 0.878. The molecule has 0 bridgehead atoms. The zero-order chi connectivity index (χ0) is 13.0. The van der Waals surface area contributed by atoms with Gasteiger partial charge in [0, 0.05) is 31.7 Å². The molecule has 1 unspecified atom stereocenters. The van der Waals surface area contributed by atoms with Crippen LogP contribution in [-0.4, -0.2) is 37.6 Å². The molecule has 2 N–H and O–H groups in total. The van der Waals surface area contributed by atoms with Gasteiger partial charge in [-0.05, 0) is 13.0 Å². The van der Waals surface area contributed by atoms with Gasteiger partial charge in [-0.15, -0.1) is 0 Å². The Labute approximate surface area is 108 Å². The molecule has 1 fully saturated rings. The molecular weight excluding hydrogens is 230 g/mol. The number of hydrogen-bond acceptors (Lipinski definition) is 4. The minimum Gasteiger partial charge on any atom is -0.496 e. The van der Waals surface area contributed by atoms with E-state index >= 15 is 0 Å². The van der Waals surface area contributed by atoms with Gasteiger partial charge >= 0.3 is 0 Å². The minimum atomic E-state index is -0.711. The fraction of sp³-hybridized carbons (Fsp3) is 0.571. The molecular formula is C14H21NO3. The summed E-state index contributed by atoms with van der Waals surface area (Å²) in [6, 6.07) is 6.10. The summed E-state index contributed by atoms with van der Waals surface area (Å²) in [5, 5.41) is 13.4. The lowest BCUT2D eigenvalue weighted by molar-refractivity contribution is 0.0268. The van der Waals surface area contributed by atoms with Gasteiger partial charge in [0.1, 0.15) is 11.4 Å². The Bertz CT molecular complexity index is 400. The number of ether oxygens (including phenoxy) is 2. The van der Waals surface area contributed by atoms with Crippen LogP contribution in [0, 0.1) is 6.92 Å². The maximum atomic E-state index is 10.1. The lowest BCUT2D eigenvalue weighted by Gasteiger charge is -2.21. The van der Waals surface area contributed by atoms with E-state index in [1.807, 2.05) is 12.1 Å². The smallest absolute Gasteiger partial charge is 0.123 e. The molecule has 0 spiro atoms. The number of benzene rings is 1. The van der Waals surface area contributed by atoms with E-state index in [2.05, 4.69) is 18.3 Å². The molecule has 1 aliphatic rings. The van der Waals surface area contributed by atoms with Crippen molar-refractivity contribution in [3.63, 3.8) is 0 Å². The summed E-state index contributed by atoms with van der Waals surface area (Å²) in [5.41, 5.74) is 1.60. The van der Waals surface area contributed by atoms with Crippen LogP contribution in [-0.2, 0) is 11.3 Å². The monoisotopic (exact) mass is 251 g/mol. The summed E-state index contributed by atoms with van der Waals surface area (Å²) < 4.78 is 10.5. The highest BCUT2D eigenvalue weighted by molar-refractivity contribution is 5.36. The van der Waals surface area contributed by atoms with Crippen molar-refractivity contribution < 1.29 is 14.6 Å². The van der Waals surface area contributed by atoms with Crippen LogP contribution >= 0.6 is 0 Å². The normalized spacial score (nSPS) is 23.3. The molecule has 4 nitrogen and oxygen atoms in total. The van der Waals surface area contributed by atoms with Crippen LogP contribution in [0.5, 0.6) is 5.75 Å². The standard InChI is InChI=1S/C14H21NO3/c1-11-3-4-13(17-2)12(7-11)8-15-9-14(16)5-6-18-10-14/h3-4,7,15-16H,5-6,8-10H2,1-2H3. The summed E-state index contributed by atoms with van der Waals surface area (Å²) in [6.45, 7) is 4.36. The predicted molar refractivity (Wildman–Crippen MR) is 69.8 cm³/mol. The molecule has 1 aromatic carbocycles. The molecule has 1 aromatic rings.